The normalized spacial score (nSPS) is 11.1. The molecule has 3 nitrogen and oxygen atoms in total. The van der Waals surface area contributed by atoms with Crippen molar-refractivity contribution in [3.8, 4) is 0 Å². The predicted molar refractivity (Wildman–Crippen MR) is 59.2 cm³/mol. The van der Waals surface area contributed by atoms with Crippen molar-refractivity contribution in [3.05, 3.63) is 30.7 Å². The first-order valence-corrected chi connectivity index (χ1v) is 4.71. The van der Waals surface area contributed by atoms with Crippen LogP contribution in [-0.4, -0.2) is 16.5 Å². The largest absolute Gasteiger partial charge is 0.369 e. The average molecular weight is 191 g/mol. The Morgan fingerprint density at radius 2 is 2.29 bits per heavy atom. The Bertz CT molecular complexity index is 318. The first-order chi connectivity index (χ1) is 6.53. The third kappa shape index (κ3) is 3.17. The lowest BCUT2D eigenvalue weighted by molar-refractivity contribution is 0.513. The zero-order chi connectivity index (χ0) is 10.6. The predicted octanol–water partition coefficient (Wildman–Crippen LogP) is 2.41. The van der Waals surface area contributed by atoms with E-state index in [1.807, 2.05) is 19.1 Å². The number of aromatic nitrogens is 2. The molecule has 1 heterocycles. The van der Waals surface area contributed by atoms with E-state index in [4.69, 9.17) is 0 Å². The van der Waals surface area contributed by atoms with Crippen molar-refractivity contribution in [3.63, 3.8) is 0 Å². The molecule has 0 spiro atoms. The van der Waals surface area contributed by atoms with E-state index in [2.05, 4.69) is 35.7 Å². The summed E-state index contributed by atoms with van der Waals surface area (Å²) < 4.78 is 0. The van der Waals surface area contributed by atoms with Gasteiger partial charge in [0.05, 0.1) is 0 Å². The van der Waals surface area contributed by atoms with E-state index in [1.165, 1.54) is 0 Å². The summed E-state index contributed by atoms with van der Waals surface area (Å²) in [6.07, 6.45) is 3.69. The molecule has 3 heteroatoms. The second-order valence-electron chi connectivity index (χ2n) is 4.04. The van der Waals surface area contributed by atoms with E-state index < -0.39 is 0 Å². The monoisotopic (exact) mass is 191 g/mol. The van der Waals surface area contributed by atoms with Crippen molar-refractivity contribution in [2.24, 2.45) is 5.41 Å². The Morgan fingerprint density at radius 3 is 2.86 bits per heavy atom. The highest BCUT2D eigenvalue weighted by atomic mass is 15.0. The summed E-state index contributed by atoms with van der Waals surface area (Å²) in [5.74, 6) is 1.65. The molecule has 0 aliphatic rings. The molecule has 0 saturated carbocycles. The SMILES string of the molecule is C=CC(C)(C)CNc1ccnc(C)n1. The molecule has 0 bridgehead atoms. The molecule has 1 aromatic heterocycles. The van der Waals surface area contributed by atoms with E-state index in [1.54, 1.807) is 6.20 Å². The second kappa shape index (κ2) is 4.22. The number of anilines is 1. The van der Waals surface area contributed by atoms with Crippen LogP contribution in [0.2, 0.25) is 0 Å². The third-order valence-electron chi connectivity index (χ3n) is 2.05. The minimum Gasteiger partial charge on any atom is -0.369 e. The average Bonchev–Trinajstić information content (AvgIpc) is 2.15. The molecular formula is C11H17N3. The van der Waals surface area contributed by atoms with Gasteiger partial charge in [0.2, 0.25) is 0 Å². The van der Waals surface area contributed by atoms with Gasteiger partial charge >= 0.3 is 0 Å². The lowest BCUT2D eigenvalue weighted by atomic mass is 9.94. The van der Waals surface area contributed by atoms with E-state index in [-0.39, 0.29) is 5.41 Å². The molecule has 0 radical (unpaired) electrons. The Labute approximate surface area is 85.3 Å². The molecule has 76 valence electrons. The molecule has 0 atom stereocenters. The summed E-state index contributed by atoms with van der Waals surface area (Å²) in [5, 5.41) is 3.25. The van der Waals surface area contributed by atoms with Crippen LogP contribution in [0.25, 0.3) is 0 Å². The van der Waals surface area contributed by atoms with Gasteiger partial charge in [-0.25, -0.2) is 9.97 Å². The van der Waals surface area contributed by atoms with Gasteiger partial charge in [-0.05, 0) is 18.4 Å². The summed E-state index contributed by atoms with van der Waals surface area (Å²) in [4.78, 5) is 8.29. The first-order valence-electron chi connectivity index (χ1n) is 4.71. The number of nitrogens with one attached hydrogen (secondary N) is 1. The zero-order valence-corrected chi connectivity index (χ0v) is 9.04. The summed E-state index contributed by atoms with van der Waals surface area (Å²) >= 11 is 0. The molecule has 0 aliphatic carbocycles. The molecule has 14 heavy (non-hydrogen) atoms. The minimum absolute atomic E-state index is 0.0822. The van der Waals surface area contributed by atoms with Gasteiger partial charge < -0.3 is 5.32 Å². The molecule has 0 amide bonds. The van der Waals surface area contributed by atoms with Crippen LogP contribution in [0.15, 0.2) is 24.9 Å². The van der Waals surface area contributed by atoms with Crippen LogP contribution < -0.4 is 5.32 Å². The summed E-state index contributed by atoms with van der Waals surface area (Å²) in [6, 6.07) is 1.87. The highest BCUT2D eigenvalue weighted by molar-refractivity contribution is 5.33. The van der Waals surface area contributed by atoms with E-state index in [0.29, 0.717) is 0 Å². The molecule has 0 saturated heterocycles. The summed E-state index contributed by atoms with van der Waals surface area (Å²) in [7, 11) is 0. The van der Waals surface area contributed by atoms with E-state index in [0.717, 1.165) is 18.2 Å². The number of hydrogen-bond donors (Lipinski definition) is 1. The quantitative estimate of drug-likeness (QED) is 0.743. The molecule has 1 N–H and O–H groups in total. The van der Waals surface area contributed by atoms with Gasteiger partial charge in [-0.1, -0.05) is 19.9 Å². The molecule has 1 aromatic rings. The fraction of sp³-hybridized carbons (Fsp3) is 0.455. The molecular weight excluding hydrogens is 174 g/mol. The van der Waals surface area contributed by atoms with Gasteiger partial charge in [0, 0.05) is 12.7 Å². The Balaban J connectivity index is 2.58. The Kier molecular flexibility index (Phi) is 3.23. The van der Waals surface area contributed by atoms with Crippen LogP contribution in [0.4, 0.5) is 5.82 Å². The lowest BCUT2D eigenvalue weighted by Gasteiger charge is -2.20. The topological polar surface area (TPSA) is 37.8 Å². The van der Waals surface area contributed by atoms with Crippen LogP contribution in [0.3, 0.4) is 0 Å². The van der Waals surface area contributed by atoms with Gasteiger partial charge in [0.25, 0.3) is 0 Å². The van der Waals surface area contributed by atoms with Crippen LogP contribution in [-0.2, 0) is 0 Å². The maximum atomic E-state index is 4.25. The van der Waals surface area contributed by atoms with Crippen molar-refractivity contribution in [2.45, 2.75) is 20.8 Å². The van der Waals surface area contributed by atoms with Gasteiger partial charge in [-0.3, -0.25) is 0 Å². The number of hydrogen-bond acceptors (Lipinski definition) is 3. The van der Waals surface area contributed by atoms with Crippen molar-refractivity contribution < 1.29 is 0 Å². The van der Waals surface area contributed by atoms with Crippen LogP contribution in [0, 0.1) is 12.3 Å². The van der Waals surface area contributed by atoms with Gasteiger partial charge in [0.1, 0.15) is 11.6 Å². The number of nitrogens with zero attached hydrogens (tertiary/aromatic N) is 2. The standard InChI is InChI=1S/C11H17N3/c1-5-11(3,4)8-13-10-6-7-12-9(2)14-10/h5-7H,1,8H2,2-4H3,(H,12,13,14). The van der Waals surface area contributed by atoms with Gasteiger partial charge in [-0.15, -0.1) is 6.58 Å². The highest BCUT2D eigenvalue weighted by Crippen LogP contribution is 2.16. The van der Waals surface area contributed by atoms with Crippen molar-refractivity contribution >= 4 is 5.82 Å². The number of rotatable bonds is 4. The molecule has 0 fully saturated rings. The summed E-state index contributed by atoms with van der Waals surface area (Å²) in [6.45, 7) is 10.7. The number of aryl methyl sites for hydroxylation is 1. The fourth-order valence-electron chi connectivity index (χ4n) is 0.945. The molecule has 0 aromatic carbocycles. The first kappa shape index (κ1) is 10.7. The maximum absolute atomic E-state index is 4.25. The highest BCUT2D eigenvalue weighted by Gasteiger charge is 2.12. The minimum atomic E-state index is 0.0822. The van der Waals surface area contributed by atoms with Crippen molar-refractivity contribution in [2.75, 3.05) is 11.9 Å². The Morgan fingerprint density at radius 1 is 1.57 bits per heavy atom. The lowest BCUT2D eigenvalue weighted by Crippen LogP contribution is -2.20. The maximum Gasteiger partial charge on any atom is 0.129 e. The van der Waals surface area contributed by atoms with Crippen LogP contribution >= 0.6 is 0 Å². The second-order valence-corrected chi connectivity index (χ2v) is 4.04. The van der Waals surface area contributed by atoms with Crippen molar-refractivity contribution in [1.29, 1.82) is 0 Å². The van der Waals surface area contributed by atoms with Gasteiger partial charge in [-0.2, -0.15) is 0 Å². The smallest absolute Gasteiger partial charge is 0.129 e. The molecule has 0 aliphatic heterocycles. The van der Waals surface area contributed by atoms with Gasteiger partial charge in [0.15, 0.2) is 0 Å². The zero-order valence-electron chi connectivity index (χ0n) is 9.04. The van der Waals surface area contributed by atoms with Crippen LogP contribution in [0.5, 0.6) is 0 Å². The Hall–Kier alpha value is -1.38. The van der Waals surface area contributed by atoms with E-state index >= 15 is 0 Å². The fourth-order valence-corrected chi connectivity index (χ4v) is 0.945. The molecule has 1 rings (SSSR count). The third-order valence-corrected chi connectivity index (χ3v) is 2.05. The van der Waals surface area contributed by atoms with Crippen molar-refractivity contribution in [1.82, 2.24) is 9.97 Å². The molecule has 0 unspecified atom stereocenters. The van der Waals surface area contributed by atoms with E-state index in [9.17, 15) is 0 Å². The van der Waals surface area contributed by atoms with Crippen LogP contribution in [0.1, 0.15) is 19.7 Å². The summed E-state index contributed by atoms with van der Waals surface area (Å²) in [5.41, 5.74) is 0.0822.